The lowest BCUT2D eigenvalue weighted by Crippen LogP contribution is -2.30. The molecule has 3 heterocycles. The number of likely N-dealkylation sites (N-methyl/N-ethyl adjacent to an activating group) is 1. The summed E-state index contributed by atoms with van der Waals surface area (Å²) in [7, 11) is 2.12. The minimum Gasteiger partial charge on any atom is -0.493 e. The number of fused-ring (bicyclic) bond motifs is 2. The summed E-state index contributed by atoms with van der Waals surface area (Å²) in [6, 6.07) is 4.27. The molecule has 5 nitrogen and oxygen atoms in total. The van der Waals surface area contributed by atoms with Gasteiger partial charge in [0.25, 0.3) is 0 Å². The summed E-state index contributed by atoms with van der Waals surface area (Å²) in [5.41, 5.74) is 3.43. The molecule has 0 saturated carbocycles. The second-order valence-corrected chi connectivity index (χ2v) is 7.77. The van der Waals surface area contributed by atoms with Gasteiger partial charge in [-0.1, -0.05) is 37.9 Å². The summed E-state index contributed by atoms with van der Waals surface area (Å²) in [6.07, 6.45) is 4.86. The van der Waals surface area contributed by atoms with Crippen molar-refractivity contribution < 1.29 is 9.47 Å². The molecule has 26 heavy (non-hydrogen) atoms. The Kier molecular flexibility index (Phi) is 5.29. The van der Waals surface area contributed by atoms with Gasteiger partial charge in [-0.25, -0.2) is 0 Å². The predicted octanol–water partition coefficient (Wildman–Crippen LogP) is 4.19. The Labute approximate surface area is 160 Å². The zero-order valence-electron chi connectivity index (χ0n) is 15.7. The molecule has 0 unspecified atom stereocenters. The van der Waals surface area contributed by atoms with Gasteiger partial charge in [0.1, 0.15) is 12.4 Å². The van der Waals surface area contributed by atoms with E-state index in [-0.39, 0.29) is 0 Å². The highest BCUT2D eigenvalue weighted by atomic mass is 32.2. The number of hydrogen-bond acceptors (Lipinski definition) is 6. The number of amidine groups is 1. The number of hydrogen-bond donors (Lipinski definition) is 0. The summed E-state index contributed by atoms with van der Waals surface area (Å²) < 4.78 is 12.2. The second kappa shape index (κ2) is 7.82. The molecule has 0 radical (unpaired) electrons. The van der Waals surface area contributed by atoms with E-state index in [1.54, 1.807) is 11.8 Å². The van der Waals surface area contributed by atoms with E-state index in [2.05, 4.69) is 46.3 Å². The van der Waals surface area contributed by atoms with Crippen LogP contribution < -0.4 is 14.4 Å². The average Bonchev–Trinajstić information content (AvgIpc) is 3.25. The van der Waals surface area contributed by atoms with Crippen LogP contribution in [0.5, 0.6) is 11.5 Å². The Morgan fingerprint density at radius 3 is 3.04 bits per heavy atom. The molecule has 0 aromatic heterocycles. The number of benzene rings is 1. The van der Waals surface area contributed by atoms with Gasteiger partial charge in [-0.2, -0.15) is 0 Å². The third kappa shape index (κ3) is 3.39. The predicted molar refractivity (Wildman–Crippen MR) is 109 cm³/mol. The highest BCUT2D eigenvalue weighted by molar-refractivity contribution is 8.16. The van der Waals surface area contributed by atoms with Crippen LogP contribution in [0.15, 0.2) is 22.5 Å². The van der Waals surface area contributed by atoms with Crippen LogP contribution in [-0.2, 0) is 0 Å². The summed E-state index contributed by atoms with van der Waals surface area (Å²) in [5, 5.41) is 3.29. The third-order valence-electron chi connectivity index (χ3n) is 5.04. The largest absolute Gasteiger partial charge is 0.493 e. The fourth-order valence-electron chi connectivity index (χ4n) is 3.55. The van der Waals surface area contributed by atoms with Crippen LogP contribution in [0.3, 0.4) is 0 Å². The lowest BCUT2D eigenvalue weighted by atomic mass is 10.1. The standard InChI is InChI=1S/C20H27N3O2S/c1-3-4-5-6-10-24-15-12-16(18-14-26-20-21-7-8-23(18)20)19-17(13-15)22(2)9-11-25-19/h12-14H,3-11H2,1-2H3. The molecule has 0 spiro atoms. The normalized spacial score (nSPS) is 18.2. The first-order valence-corrected chi connectivity index (χ1v) is 10.5. The topological polar surface area (TPSA) is 37.3 Å². The molecule has 0 saturated heterocycles. The first-order valence-electron chi connectivity index (χ1n) is 9.62. The van der Waals surface area contributed by atoms with Crippen LogP contribution in [-0.4, -0.2) is 50.0 Å². The minimum atomic E-state index is 0.717. The molecule has 0 N–H and O–H groups in total. The van der Waals surface area contributed by atoms with E-state index < -0.39 is 0 Å². The van der Waals surface area contributed by atoms with Crippen LogP contribution in [0, 0.1) is 0 Å². The van der Waals surface area contributed by atoms with Crippen molar-refractivity contribution in [1.29, 1.82) is 0 Å². The second-order valence-electron chi connectivity index (χ2n) is 6.94. The number of thioether (sulfide) groups is 1. The molecule has 6 heteroatoms. The van der Waals surface area contributed by atoms with Crippen molar-refractivity contribution in [3.05, 3.63) is 23.1 Å². The van der Waals surface area contributed by atoms with Gasteiger partial charge in [-0.05, 0) is 12.5 Å². The maximum absolute atomic E-state index is 6.11. The maximum atomic E-state index is 6.11. The van der Waals surface area contributed by atoms with E-state index in [9.17, 15) is 0 Å². The van der Waals surface area contributed by atoms with Gasteiger partial charge in [0.2, 0.25) is 0 Å². The summed E-state index contributed by atoms with van der Waals surface area (Å²) in [6.45, 7) is 6.44. The number of nitrogens with zero attached hydrogens (tertiary/aromatic N) is 3. The molecule has 140 valence electrons. The molecule has 4 rings (SSSR count). The number of rotatable bonds is 7. The van der Waals surface area contributed by atoms with E-state index in [0.717, 1.165) is 67.2 Å². The molecule has 0 amide bonds. The van der Waals surface area contributed by atoms with E-state index in [4.69, 9.17) is 9.47 Å². The Hall–Kier alpha value is -1.82. The van der Waals surface area contributed by atoms with Crippen LogP contribution >= 0.6 is 11.8 Å². The Bertz CT molecular complexity index is 732. The van der Waals surface area contributed by atoms with Gasteiger partial charge in [0.15, 0.2) is 10.9 Å². The first kappa shape index (κ1) is 17.6. The smallest absolute Gasteiger partial charge is 0.168 e. The molecule has 3 aliphatic heterocycles. The molecule has 0 atom stereocenters. The fourth-order valence-corrected chi connectivity index (χ4v) is 4.51. The van der Waals surface area contributed by atoms with Crippen LogP contribution in [0.25, 0.3) is 5.70 Å². The lowest BCUT2D eigenvalue weighted by Gasteiger charge is -2.31. The van der Waals surface area contributed by atoms with Crippen molar-refractivity contribution in [1.82, 2.24) is 4.90 Å². The van der Waals surface area contributed by atoms with Gasteiger partial charge in [-0.15, -0.1) is 0 Å². The molecular weight excluding hydrogens is 346 g/mol. The highest BCUT2D eigenvalue weighted by Gasteiger charge is 2.31. The molecule has 1 aromatic carbocycles. The molecule has 0 fully saturated rings. The number of anilines is 1. The third-order valence-corrected chi connectivity index (χ3v) is 5.94. The number of ether oxygens (including phenoxy) is 2. The summed E-state index contributed by atoms with van der Waals surface area (Å²) in [5.74, 6) is 1.90. The van der Waals surface area contributed by atoms with Crippen molar-refractivity contribution in [3.63, 3.8) is 0 Å². The fraction of sp³-hybridized carbons (Fsp3) is 0.550. The van der Waals surface area contributed by atoms with Crippen LogP contribution in [0.4, 0.5) is 5.69 Å². The van der Waals surface area contributed by atoms with E-state index >= 15 is 0 Å². The zero-order chi connectivity index (χ0) is 17.9. The first-order chi connectivity index (χ1) is 12.8. The average molecular weight is 374 g/mol. The van der Waals surface area contributed by atoms with Gasteiger partial charge in [-0.3, -0.25) is 4.99 Å². The van der Waals surface area contributed by atoms with Gasteiger partial charge < -0.3 is 19.3 Å². The minimum absolute atomic E-state index is 0.717. The number of unbranched alkanes of at least 4 members (excludes halogenated alkanes) is 3. The van der Waals surface area contributed by atoms with E-state index in [1.165, 1.54) is 25.0 Å². The Morgan fingerprint density at radius 1 is 1.23 bits per heavy atom. The van der Waals surface area contributed by atoms with Crippen molar-refractivity contribution in [2.75, 3.05) is 44.8 Å². The Morgan fingerprint density at radius 2 is 2.15 bits per heavy atom. The summed E-state index contributed by atoms with van der Waals surface area (Å²) in [4.78, 5) is 9.12. The maximum Gasteiger partial charge on any atom is 0.168 e. The Balaban J connectivity index is 1.60. The molecule has 0 bridgehead atoms. The van der Waals surface area contributed by atoms with Crippen molar-refractivity contribution in [2.45, 2.75) is 32.6 Å². The highest BCUT2D eigenvalue weighted by Crippen LogP contribution is 2.45. The van der Waals surface area contributed by atoms with Crippen molar-refractivity contribution in [3.8, 4) is 11.5 Å². The van der Waals surface area contributed by atoms with Crippen LogP contribution in [0.1, 0.15) is 38.2 Å². The van der Waals surface area contributed by atoms with Gasteiger partial charge in [0, 0.05) is 30.6 Å². The SMILES string of the molecule is CCCCCCOc1cc(C2=CSC3=NCCN23)c2c(c1)N(C)CCO2. The lowest BCUT2D eigenvalue weighted by molar-refractivity contribution is 0.296. The number of aliphatic imine (C=N–C) groups is 1. The van der Waals surface area contributed by atoms with Crippen molar-refractivity contribution >= 4 is 28.3 Å². The molecular formula is C20H27N3O2S. The zero-order valence-corrected chi connectivity index (χ0v) is 16.5. The molecule has 3 aliphatic rings. The van der Waals surface area contributed by atoms with Gasteiger partial charge in [0.05, 0.1) is 31.1 Å². The van der Waals surface area contributed by atoms with E-state index in [1.807, 2.05) is 0 Å². The summed E-state index contributed by atoms with van der Waals surface area (Å²) >= 11 is 1.70. The monoisotopic (exact) mass is 373 g/mol. The van der Waals surface area contributed by atoms with E-state index in [0.29, 0.717) is 0 Å². The van der Waals surface area contributed by atoms with Gasteiger partial charge >= 0.3 is 0 Å². The quantitative estimate of drug-likeness (QED) is 0.670. The van der Waals surface area contributed by atoms with Crippen LogP contribution in [0.2, 0.25) is 0 Å². The van der Waals surface area contributed by atoms with Crippen molar-refractivity contribution in [2.24, 2.45) is 4.99 Å². The molecule has 0 aliphatic carbocycles. The molecule has 1 aromatic rings.